The van der Waals surface area contributed by atoms with Crippen LogP contribution in [-0.2, 0) is 32.6 Å². The normalized spacial score (nSPS) is 12.3. The molecule has 214 valence electrons. The molecule has 0 aliphatic carbocycles. The molecule has 0 heterocycles. The summed E-state index contributed by atoms with van der Waals surface area (Å²) in [7, 11) is -3.85. The fourth-order valence-electron chi connectivity index (χ4n) is 4.36. The van der Waals surface area contributed by atoms with Gasteiger partial charge in [0.1, 0.15) is 18.4 Å². The zero-order valence-corrected chi connectivity index (χ0v) is 24.5. The van der Waals surface area contributed by atoms with Gasteiger partial charge in [-0.05, 0) is 60.7 Å². The maximum atomic E-state index is 14.0. The molecule has 7 nitrogen and oxygen atoms in total. The second-order valence-corrected chi connectivity index (χ2v) is 12.4. The number of nitrogens with zero attached hydrogens (tertiary/aromatic N) is 2. The molecule has 0 aromatic heterocycles. The van der Waals surface area contributed by atoms with E-state index in [1.54, 1.807) is 24.3 Å². The molecule has 0 bridgehead atoms. The highest BCUT2D eigenvalue weighted by Gasteiger charge is 2.33. The number of sulfonamides is 1. The first kappa shape index (κ1) is 30.8. The van der Waals surface area contributed by atoms with E-state index in [1.807, 2.05) is 70.2 Å². The van der Waals surface area contributed by atoms with Crippen LogP contribution in [0.1, 0.15) is 50.3 Å². The van der Waals surface area contributed by atoms with Crippen LogP contribution < -0.4 is 9.62 Å². The number of hydrogen-bond donors (Lipinski definition) is 1. The molecule has 2 amide bonds. The van der Waals surface area contributed by atoms with Crippen molar-refractivity contribution < 1.29 is 22.4 Å². The average molecular weight is 568 g/mol. The van der Waals surface area contributed by atoms with Gasteiger partial charge in [-0.1, -0.05) is 68.4 Å². The average Bonchev–Trinajstić information content (AvgIpc) is 2.89. The quantitative estimate of drug-likeness (QED) is 0.338. The largest absolute Gasteiger partial charge is 0.352 e. The van der Waals surface area contributed by atoms with Gasteiger partial charge in [-0.3, -0.25) is 13.9 Å². The van der Waals surface area contributed by atoms with Gasteiger partial charge in [0.2, 0.25) is 21.8 Å². The molecule has 3 aromatic rings. The highest BCUT2D eigenvalue weighted by atomic mass is 32.2. The summed E-state index contributed by atoms with van der Waals surface area (Å²) in [4.78, 5) is 28.9. The van der Waals surface area contributed by atoms with Crippen LogP contribution in [-0.4, -0.2) is 50.0 Å². The highest BCUT2D eigenvalue weighted by Crippen LogP contribution is 2.23. The van der Waals surface area contributed by atoms with Crippen LogP contribution in [0.4, 0.5) is 10.1 Å². The summed E-state index contributed by atoms with van der Waals surface area (Å²) in [6.45, 7) is 7.23. The van der Waals surface area contributed by atoms with E-state index in [2.05, 4.69) is 5.32 Å². The summed E-state index contributed by atoms with van der Waals surface area (Å²) in [5, 5.41) is 2.90. The van der Waals surface area contributed by atoms with Crippen LogP contribution in [0.25, 0.3) is 0 Å². The van der Waals surface area contributed by atoms with E-state index in [-0.39, 0.29) is 30.8 Å². The van der Waals surface area contributed by atoms with Crippen molar-refractivity contribution in [2.45, 2.75) is 58.7 Å². The molecule has 0 aliphatic rings. The van der Waals surface area contributed by atoms with Crippen molar-refractivity contribution in [2.24, 2.45) is 0 Å². The Kier molecular flexibility index (Phi) is 10.5. The van der Waals surface area contributed by atoms with Crippen molar-refractivity contribution in [2.75, 3.05) is 17.1 Å². The minimum Gasteiger partial charge on any atom is -0.352 e. The Balaban J connectivity index is 2.03. The van der Waals surface area contributed by atoms with Gasteiger partial charge in [0.25, 0.3) is 0 Å². The molecule has 9 heteroatoms. The summed E-state index contributed by atoms with van der Waals surface area (Å²) in [5.74, 6) is -1.08. The van der Waals surface area contributed by atoms with Gasteiger partial charge < -0.3 is 10.2 Å². The predicted molar refractivity (Wildman–Crippen MR) is 157 cm³/mol. The lowest BCUT2D eigenvalue weighted by molar-refractivity contribution is -0.140. The molecular weight excluding hydrogens is 529 g/mol. The number of anilines is 1. The van der Waals surface area contributed by atoms with Gasteiger partial charge in [-0.15, -0.1) is 0 Å². The number of carbonyl (C=O) groups is 2. The zero-order valence-electron chi connectivity index (χ0n) is 23.7. The predicted octanol–water partition coefficient (Wildman–Crippen LogP) is 4.88. The maximum absolute atomic E-state index is 14.0. The summed E-state index contributed by atoms with van der Waals surface area (Å²) in [6.07, 6.45) is 1.27. The molecule has 0 fully saturated rings. The standard InChI is InChI=1S/C31H38FN3O4S/c1-22(2)26-13-17-28(18-14-26)35(40(5,38)39)21-30(36)34(20-25-11-15-27(32)16-12-25)29(31(37)33-23(3)4)19-24-9-7-6-8-10-24/h6-18,22-23,29H,19-21H2,1-5H3,(H,33,37)/t29-/m1/s1. The molecule has 0 unspecified atom stereocenters. The van der Waals surface area contributed by atoms with Crippen molar-refractivity contribution in [3.05, 3.63) is 101 Å². The molecule has 3 aromatic carbocycles. The zero-order chi connectivity index (χ0) is 29.4. The third-order valence-electron chi connectivity index (χ3n) is 6.50. The van der Waals surface area contributed by atoms with Crippen LogP contribution in [0.3, 0.4) is 0 Å². The molecule has 0 saturated heterocycles. The number of carbonyl (C=O) groups excluding carboxylic acids is 2. The first-order valence-corrected chi connectivity index (χ1v) is 15.2. The smallest absolute Gasteiger partial charge is 0.244 e. The Labute approximate surface area is 237 Å². The number of benzene rings is 3. The number of hydrogen-bond acceptors (Lipinski definition) is 4. The first-order valence-electron chi connectivity index (χ1n) is 13.3. The summed E-state index contributed by atoms with van der Waals surface area (Å²) in [5.41, 5.74) is 2.84. The van der Waals surface area contributed by atoms with E-state index < -0.39 is 34.3 Å². The van der Waals surface area contributed by atoms with Gasteiger partial charge in [0, 0.05) is 19.0 Å². The number of halogens is 1. The lowest BCUT2D eigenvalue weighted by atomic mass is 10.0. The Bertz CT molecular complexity index is 1380. The van der Waals surface area contributed by atoms with Crippen LogP contribution in [0.15, 0.2) is 78.9 Å². The molecule has 40 heavy (non-hydrogen) atoms. The summed E-state index contributed by atoms with van der Waals surface area (Å²) < 4.78 is 40.5. The van der Waals surface area contributed by atoms with E-state index in [9.17, 15) is 22.4 Å². The number of amides is 2. The van der Waals surface area contributed by atoms with Crippen molar-refractivity contribution >= 4 is 27.5 Å². The van der Waals surface area contributed by atoms with Crippen molar-refractivity contribution in [3.8, 4) is 0 Å². The molecule has 0 radical (unpaired) electrons. The molecule has 1 N–H and O–H groups in total. The monoisotopic (exact) mass is 567 g/mol. The summed E-state index contributed by atoms with van der Waals surface area (Å²) >= 11 is 0. The Hall–Kier alpha value is -3.72. The van der Waals surface area contributed by atoms with E-state index in [4.69, 9.17) is 0 Å². The minimum atomic E-state index is -3.85. The molecule has 0 saturated carbocycles. The Morgan fingerprint density at radius 1 is 0.850 bits per heavy atom. The van der Waals surface area contributed by atoms with E-state index >= 15 is 0 Å². The lowest BCUT2D eigenvalue weighted by Gasteiger charge is -2.34. The van der Waals surface area contributed by atoms with Crippen LogP contribution in [0.2, 0.25) is 0 Å². The van der Waals surface area contributed by atoms with Crippen molar-refractivity contribution in [1.29, 1.82) is 0 Å². The van der Waals surface area contributed by atoms with Crippen molar-refractivity contribution in [1.82, 2.24) is 10.2 Å². The summed E-state index contributed by atoms with van der Waals surface area (Å²) in [6, 6.07) is 20.9. The van der Waals surface area contributed by atoms with Gasteiger partial charge in [0.05, 0.1) is 11.9 Å². The third kappa shape index (κ3) is 8.64. The SMILES string of the molecule is CC(C)NC(=O)[C@@H](Cc1ccccc1)N(Cc1ccc(F)cc1)C(=O)CN(c1ccc(C(C)C)cc1)S(C)(=O)=O. The van der Waals surface area contributed by atoms with E-state index in [0.717, 1.165) is 21.7 Å². The van der Waals surface area contributed by atoms with Gasteiger partial charge in [-0.25, -0.2) is 12.8 Å². The molecule has 0 aliphatic heterocycles. The van der Waals surface area contributed by atoms with Crippen LogP contribution >= 0.6 is 0 Å². The molecule has 0 spiro atoms. The second-order valence-electron chi connectivity index (χ2n) is 10.5. The fraction of sp³-hybridized carbons (Fsp3) is 0.355. The fourth-order valence-corrected chi connectivity index (χ4v) is 5.21. The Morgan fingerprint density at radius 3 is 1.98 bits per heavy atom. The third-order valence-corrected chi connectivity index (χ3v) is 7.64. The molecule has 3 rings (SSSR count). The second kappa shape index (κ2) is 13.6. The molecule has 1 atom stereocenters. The van der Waals surface area contributed by atoms with Gasteiger partial charge >= 0.3 is 0 Å². The number of rotatable bonds is 12. The van der Waals surface area contributed by atoms with E-state index in [0.29, 0.717) is 11.3 Å². The topological polar surface area (TPSA) is 86.8 Å². The molecular formula is C31H38FN3O4S. The van der Waals surface area contributed by atoms with Crippen LogP contribution in [0.5, 0.6) is 0 Å². The Morgan fingerprint density at radius 2 is 1.45 bits per heavy atom. The minimum absolute atomic E-state index is 0.00792. The van der Waals surface area contributed by atoms with E-state index in [1.165, 1.54) is 17.0 Å². The lowest BCUT2D eigenvalue weighted by Crippen LogP contribution is -2.54. The van der Waals surface area contributed by atoms with Crippen molar-refractivity contribution in [3.63, 3.8) is 0 Å². The number of nitrogens with one attached hydrogen (secondary N) is 1. The highest BCUT2D eigenvalue weighted by molar-refractivity contribution is 7.92. The maximum Gasteiger partial charge on any atom is 0.244 e. The van der Waals surface area contributed by atoms with Crippen LogP contribution in [0, 0.1) is 5.82 Å². The van der Waals surface area contributed by atoms with Gasteiger partial charge in [0.15, 0.2) is 0 Å². The van der Waals surface area contributed by atoms with Gasteiger partial charge in [-0.2, -0.15) is 0 Å². The first-order chi connectivity index (χ1) is 18.8.